The molecule has 1 N–H and O–H groups in total. The number of fused-ring (bicyclic) bond motifs is 3. The normalized spacial score (nSPS) is 41.7. The van der Waals surface area contributed by atoms with Crippen LogP contribution >= 0.6 is 0 Å². The van der Waals surface area contributed by atoms with Gasteiger partial charge in [0.1, 0.15) is 24.0 Å². The molecule has 0 aromatic heterocycles. The van der Waals surface area contributed by atoms with Gasteiger partial charge in [0, 0.05) is 57.6 Å². The van der Waals surface area contributed by atoms with E-state index in [0.717, 1.165) is 43.5 Å². The summed E-state index contributed by atoms with van der Waals surface area (Å²) < 4.78 is 30.9. The largest absolute Gasteiger partial charge is 0.456 e. The molecule has 0 radical (unpaired) electrons. The van der Waals surface area contributed by atoms with E-state index >= 15 is 0 Å². The molecule has 12 nitrogen and oxygen atoms in total. The highest BCUT2D eigenvalue weighted by Gasteiger charge is 2.56. The van der Waals surface area contributed by atoms with Gasteiger partial charge in [0.2, 0.25) is 5.79 Å². The molecule has 3 saturated heterocycles. The summed E-state index contributed by atoms with van der Waals surface area (Å²) in [6.07, 6.45) is 12.2. The summed E-state index contributed by atoms with van der Waals surface area (Å²) in [4.78, 5) is 61.8. The van der Waals surface area contributed by atoms with Crippen LogP contribution < -0.4 is 0 Å². The zero-order chi connectivity index (χ0) is 45.5. The zero-order valence-corrected chi connectivity index (χ0v) is 40.1. The van der Waals surface area contributed by atoms with E-state index in [9.17, 15) is 24.3 Å². The van der Waals surface area contributed by atoms with Crippen LogP contribution in [0.3, 0.4) is 0 Å². The smallest absolute Gasteiger partial charge is 0.329 e. The van der Waals surface area contributed by atoms with Crippen molar-refractivity contribution in [1.82, 2.24) is 9.80 Å². The summed E-state index contributed by atoms with van der Waals surface area (Å²) >= 11 is 0. The lowest BCUT2D eigenvalue weighted by Gasteiger charge is -2.47. The number of nitrogens with zero attached hydrogens (tertiary/aromatic N) is 2. The predicted octanol–water partition coefficient (Wildman–Crippen LogP) is 7.49. The average Bonchev–Trinajstić information content (AvgIpc) is 3.28. The fourth-order valence-corrected chi connectivity index (χ4v) is 11.6. The molecule has 4 aliphatic heterocycles. The number of methoxy groups -OCH3 is 3. The Labute approximate surface area is 373 Å². The number of aliphatic hydroxyl groups is 1. The van der Waals surface area contributed by atoms with Crippen LogP contribution in [0.25, 0.3) is 0 Å². The van der Waals surface area contributed by atoms with E-state index in [2.05, 4.69) is 51.7 Å². The molecule has 1 aliphatic carbocycles. The summed E-state index contributed by atoms with van der Waals surface area (Å²) in [6, 6.07) is -0.638. The molecule has 0 spiro atoms. The third kappa shape index (κ3) is 11.5. The first-order valence-electron chi connectivity index (χ1n) is 24.2. The molecule has 352 valence electrons. The first kappa shape index (κ1) is 50.5. The van der Waals surface area contributed by atoms with E-state index < -0.39 is 59.8 Å². The number of Topliss-reactive ketones (excluding diaryl/α,β-unsaturated/α-hetero) is 2. The Hall–Kier alpha value is -2.48. The van der Waals surface area contributed by atoms with Gasteiger partial charge in [0.15, 0.2) is 0 Å². The Balaban J connectivity index is 1.52. The van der Waals surface area contributed by atoms with Crippen molar-refractivity contribution in [1.29, 1.82) is 0 Å². The van der Waals surface area contributed by atoms with E-state index in [-0.39, 0.29) is 60.4 Å². The Kier molecular flexibility index (Phi) is 18.4. The lowest BCUT2D eigenvalue weighted by atomic mass is 9.74. The molecular weight excluding hydrogens is 789 g/mol. The number of likely N-dealkylation sites (tertiary alicyclic amines) is 1. The number of amides is 1. The van der Waals surface area contributed by atoms with E-state index in [1.54, 1.807) is 21.1 Å². The number of cyclic esters (lactones) is 1. The number of esters is 1. The number of ketones is 2. The molecule has 5 rings (SSSR count). The molecule has 5 aliphatic rings. The Morgan fingerprint density at radius 2 is 1.48 bits per heavy atom. The van der Waals surface area contributed by atoms with Gasteiger partial charge in [-0.25, -0.2) is 4.79 Å². The SMILES string of the molecule is CCC1/C=C(\C)C[C@H](C)CC(OC)[C@H]2O[C@@](O)(C(=O)C(=O)N3CCCC[C@H]3C(=O)O[C@H](C(C)=C[C@@H]3CC[C@H](N4CCCCC4)[C@H](OC)C3)[C@H](C)C(C)C(C)C1=O)[C@H](C)C[C@@H]2OC. The fourth-order valence-electron chi connectivity index (χ4n) is 11.6. The third-order valence-corrected chi connectivity index (χ3v) is 15.8. The van der Waals surface area contributed by atoms with Gasteiger partial charge in [-0.1, -0.05) is 65.7 Å². The predicted molar refractivity (Wildman–Crippen MR) is 239 cm³/mol. The Morgan fingerprint density at radius 1 is 0.839 bits per heavy atom. The summed E-state index contributed by atoms with van der Waals surface area (Å²) in [5, 5.41) is 12.2. The number of hydrogen-bond donors (Lipinski definition) is 1. The van der Waals surface area contributed by atoms with Gasteiger partial charge < -0.3 is 33.7 Å². The number of carbonyl (C=O) groups is 4. The molecule has 62 heavy (non-hydrogen) atoms. The van der Waals surface area contributed by atoms with Crippen LogP contribution in [-0.2, 0) is 42.9 Å². The first-order chi connectivity index (χ1) is 29.5. The van der Waals surface area contributed by atoms with Gasteiger partial charge in [-0.05, 0) is 127 Å². The molecule has 2 bridgehead atoms. The van der Waals surface area contributed by atoms with Crippen molar-refractivity contribution in [2.75, 3.05) is 41.0 Å². The lowest BCUT2D eigenvalue weighted by molar-refractivity contribution is -0.302. The van der Waals surface area contributed by atoms with Gasteiger partial charge >= 0.3 is 5.97 Å². The number of rotatable bonds is 7. The van der Waals surface area contributed by atoms with Gasteiger partial charge in [-0.2, -0.15) is 0 Å². The quantitative estimate of drug-likeness (QED) is 0.155. The van der Waals surface area contributed by atoms with Crippen LogP contribution in [0.15, 0.2) is 23.3 Å². The van der Waals surface area contributed by atoms with E-state index in [4.69, 9.17) is 23.7 Å². The molecule has 12 heteroatoms. The molecule has 0 aromatic rings. The number of allylic oxidation sites excluding steroid dienone is 3. The molecule has 0 aromatic carbocycles. The molecule has 4 heterocycles. The van der Waals surface area contributed by atoms with Crippen LogP contribution in [0.1, 0.15) is 139 Å². The van der Waals surface area contributed by atoms with Crippen molar-refractivity contribution in [3.05, 3.63) is 23.3 Å². The number of hydrogen-bond acceptors (Lipinski definition) is 11. The van der Waals surface area contributed by atoms with Gasteiger partial charge in [0.25, 0.3) is 11.7 Å². The molecule has 4 fully saturated rings. The lowest BCUT2D eigenvalue weighted by Crippen LogP contribution is -2.64. The summed E-state index contributed by atoms with van der Waals surface area (Å²) in [5.41, 5.74) is 2.01. The van der Waals surface area contributed by atoms with Gasteiger partial charge in [0.05, 0.1) is 18.3 Å². The van der Waals surface area contributed by atoms with Gasteiger partial charge in [-0.15, -0.1) is 0 Å². The van der Waals surface area contributed by atoms with Crippen molar-refractivity contribution in [2.45, 2.75) is 187 Å². The minimum absolute atomic E-state index is 0.0898. The second-order valence-corrected chi connectivity index (χ2v) is 20.1. The Bertz CT molecular complexity index is 1590. The Morgan fingerprint density at radius 3 is 2.13 bits per heavy atom. The van der Waals surface area contributed by atoms with Crippen molar-refractivity contribution in [2.24, 2.45) is 41.4 Å². The summed E-state index contributed by atoms with van der Waals surface area (Å²) in [6.45, 7) is 18.5. The monoisotopic (exact) mass is 871 g/mol. The standard InChI is InChI=1S/C50H82N2O10/c1-12-38-25-30(2)24-31(3)26-42(59-10)46-43(60-11)28-33(5)50(57,62-46)47(54)48(55)52-23-17-14-18-40(52)49(56)61-45(36(8)34(6)35(7)44(38)53)32(4)27-37-19-20-39(41(29-37)58-9)51-21-15-13-16-22-51/h25,27,31,33-43,45-46,57H,12-24,26,28-29H2,1-11H3/b30-25+,32-27?/t31-,33+,34?,35?,36+,37-,38?,39-,40-,41+,42?,43-,45+,46+,50+/m0/s1. The molecule has 1 saturated carbocycles. The van der Waals surface area contributed by atoms with Crippen molar-refractivity contribution >= 4 is 23.4 Å². The van der Waals surface area contributed by atoms with Gasteiger partial charge in [-0.3, -0.25) is 19.3 Å². The highest BCUT2D eigenvalue weighted by Crippen LogP contribution is 2.40. The molecule has 4 unspecified atom stereocenters. The number of carbonyl (C=O) groups excluding carboxylic acids is 4. The second kappa shape index (κ2) is 22.6. The topological polar surface area (TPSA) is 141 Å². The van der Waals surface area contributed by atoms with E-state index in [0.29, 0.717) is 44.6 Å². The molecule has 15 atom stereocenters. The third-order valence-electron chi connectivity index (χ3n) is 15.8. The van der Waals surface area contributed by atoms with Crippen molar-refractivity contribution in [3.8, 4) is 0 Å². The minimum Gasteiger partial charge on any atom is -0.456 e. The van der Waals surface area contributed by atoms with E-state index in [1.165, 1.54) is 24.2 Å². The average molecular weight is 871 g/mol. The summed E-state index contributed by atoms with van der Waals surface area (Å²) in [5.74, 6) is -6.43. The fraction of sp³-hybridized carbons (Fsp3) is 0.840. The molecule has 1 amide bonds. The van der Waals surface area contributed by atoms with Crippen molar-refractivity contribution < 1.29 is 48.0 Å². The van der Waals surface area contributed by atoms with Crippen LogP contribution in [-0.4, -0.2) is 128 Å². The highest BCUT2D eigenvalue weighted by atomic mass is 16.7. The summed E-state index contributed by atoms with van der Waals surface area (Å²) in [7, 11) is 4.95. The maximum Gasteiger partial charge on any atom is 0.329 e. The second-order valence-electron chi connectivity index (χ2n) is 20.1. The maximum absolute atomic E-state index is 14.6. The maximum atomic E-state index is 14.6. The highest BCUT2D eigenvalue weighted by molar-refractivity contribution is 6.39. The number of piperidine rings is 2. The number of ether oxygens (including phenoxy) is 5. The van der Waals surface area contributed by atoms with Crippen LogP contribution in [0.5, 0.6) is 0 Å². The van der Waals surface area contributed by atoms with E-state index in [1.807, 2.05) is 21.0 Å². The van der Waals surface area contributed by atoms with Crippen molar-refractivity contribution in [3.63, 3.8) is 0 Å². The van der Waals surface area contributed by atoms with Crippen LogP contribution in [0.2, 0.25) is 0 Å². The minimum atomic E-state index is -2.46. The zero-order valence-electron chi connectivity index (χ0n) is 40.1. The van der Waals surface area contributed by atoms with Crippen LogP contribution in [0, 0.1) is 41.4 Å². The first-order valence-corrected chi connectivity index (χ1v) is 24.2. The molecular formula is C50H82N2O10. The van der Waals surface area contributed by atoms with Crippen LogP contribution in [0.4, 0.5) is 0 Å².